The van der Waals surface area contributed by atoms with Gasteiger partial charge in [0.1, 0.15) is 0 Å². The smallest absolute Gasteiger partial charge is 0.276 e. The van der Waals surface area contributed by atoms with Crippen molar-refractivity contribution in [2.45, 2.75) is 33.1 Å². The van der Waals surface area contributed by atoms with Crippen LogP contribution in [0.3, 0.4) is 0 Å². The van der Waals surface area contributed by atoms with Crippen LogP contribution in [0.1, 0.15) is 41.4 Å². The van der Waals surface area contributed by atoms with Gasteiger partial charge in [0.25, 0.3) is 5.91 Å². The highest BCUT2D eigenvalue weighted by Gasteiger charge is 2.16. The number of rotatable bonds is 4. The van der Waals surface area contributed by atoms with E-state index in [1.165, 1.54) is 12.8 Å². The molecule has 0 unspecified atom stereocenters. The summed E-state index contributed by atoms with van der Waals surface area (Å²) >= 11 is 0. The summed E-state index contributed by atoms with van der Waals surface area (Å²) in [5.41, 5.74) is 3.41. The molecule has 5 heteroatoms. The number of amides is 1. The maximum atomic E-state index is 12.4. The monoisotopic (exact) mass is 310 g/mol. The lowest BCUT2D eigenvalue weighted by atomic mass is 10.1. The van der Waals surface area contributed by atoms with Crippen molar-refractivity contribution in [1.29, 1.82) is 0 Å². The van der Waals surface area contributed by atoms with Crippen molar-refractivity contribution in [2.24, 2.45) is 0 Å². The highest BCUT2D eigenvalue weighted by Crippen LogP contribution is 2.22. The molecule has 120 valence electrons. The molecular weight excluding hydrogens is 288 g/mol. The van der Waals surface area contributed by atoms with Crippen molar-refractivity contribution in [3.05, 3.63) is 47.2 Å². The summed E-state index contributed by atoms with van der Waals surface area (Å²) in [5, 5.41) is 11.3. The molecular formula is C18H22N4O. The molecule has 0 atom stereocenters. The van der Waals surface area contributed by atoms with E-state index in [0.29, 0.717) is 5.69 Å². The Morgan fingerprint density at radius 2 is 1.96 bits per heavy atom. The molecule has 1 amide bonds. The first kappa shape index (κ1) is 15.5. The molecule has 1 aliphatic heterocycles. The van der Waals surface area contributed by atoms with Crippen molar-refractivity contribution >= 4 is 17.4 Å². The summed E-state index contributed by atoms with van der Waals surface area (Å²) < 4.78 is 0. The lowest BCUT2D eigenvalue weighted by Crippen LogP contribution is -2.21. The zero-order valence-corrected chi connectivity index (χ0v) is 13.7. The maximum absolute atomic E-state index is 12.4. The number of anilines is 2. The van der Waals surface area contributed by atoms with E-state index in [9.17, 15) is 4.79 Å². The third kappa shape index (κ3) is 3.33. The summed E-state index contributed by atoms with van der Waals surface area (Å²) in [6, 6.07) is 9.67. The number of aromatic nitrogens is 2. The van der Waals surface area contributed by atoms with E-state index in [0.717, 1.165) is 42.1 Å². The molecule has 0 spiro atoms. The summed E-state index contributed by atoms with van der Waals surface area (Å²) in [6.45, 7) is 6.11. The van der Waals surface area contributed by atoms with Gasteiger partial charge in [-0.1, -0.05) is 25.1 Å². The van der Waals surface area contributed by atoms with Gasteiger partial charge in [0, 0.05) is 18.8 Å². The molecule has 3 rings (SSSR count). The standard InChI is InChI=1S/C18H22N4O/c1-3-14-8-6-7-13(2)17(14)19-18(23)15-9-10-16(21-20-15)22-11-4-5-12-22/h6-10H,3-5,11-12H2,1-2H3,(H,19,23). The Bertz CT molecular complexity index is 691. The topological polar surface area (TPSA) is 58.1 Å². The molecule has 0 bridgehead atoms. The van der Waals surface area contributed by atoms with Crippen molar-refractivity contribution < 1.29 is 4.79 Å². The second-order valence-corrected chi connectivity index (χ2v) is 5.89. The van der Waals surface area contributed by atoms with Crippen LogP contribution >= 0.6 is 0 Å². The van der Waals surface area contributed by atoms with Gasteiger partial charge >= 0.3 is 0 Å². The van der Waals surface area contributed by atoms with Crippen LogP contribution < -0.4 is 10.2 Å². The average Bonchev–Trinajstić information content (AvgIpc) is 3.11. The average molecular weight is 310 g/mol. The fourth-order valence-electron chi connectivity index (χ4n) is 2.94. The molecule has 23 heavy (non-hydrogen) atoms. The third-order valence-electron chi connectivity index (χ3n) is 4.29. The van der Waals surface area contributed by atoms with Crippen LogP contribution in [0.2, 0.25) is 0 Å². The quantitative estimate of drug-likeness (QED) is 0.942. The van der Waals surface area contributed by atoms with E-state index in [-0.39, 0.29) is 5.91 Å². The first-order valence-corrected chi connectivity index (χ1v) is 8.17. The molecule has 1 aromatic carbocycles. The van der Waals surface area contributed by atoms with Gasteiger partial charge < -0.3 is 10.2 Å². The van der Waals surface area contributed by atoms with Crippen molar-refractivity contribution in [2.75, 3.05) is 23.3 Å². The van der Waals surface area contributed by atoms with Crippen LogP contribution in [0.4, 0.5) is 11.5 Å². The number of carbonyl (C=O) groups excluding carboxylic acids is 1. The van der Waals surface area contributed by atoms with Crippen molar-refractivity contribution in [3.63, 3.8) is 0 Å². The highest BCUT2D eigenvalue weighted by atomic mass is 16.1. The van der Waals surface area contributed by atoms with Crippen LogP contribution in [-0.4, -0.2) is 29.2 Å². The van der Waals surface area contributed by atoms with Crippen LogP contribution in [0.15, 0.2) is 30.3 Å². The van der Waals surface area contributed by atoms with Gasteiger partial charge in [-0.2, -0.15) is 0 Å². The van der Waals surface area contributed by atoms with E-state index < -0.39 is 0 Å². The Balaban J connectivity index is 1.76. The highest BCUT2D eigenvalue weighted by molar-refractivity contribution is 6.03. The normalized spacial score (nSPS) is 14.1. The van der Waals surface area contributed by atoms with E-state index in [4.69, 9.17) is 0 Å². The molecule has 2 heterocycles. The third-order valence-corrected chi connectivity index (χ3v) is 4.29. The number of nitrogens with zero attached hydrogens (tertiary/aromatic N) is 3. The van der Waals surface area contributed by atoms with Gasteiger partial charge in [-0.3, -0.25) is 4.79 Å². The largest absolute Gasteiger partial charge is 0.355 e. The maximum Gasteiger partial charge on any atom is 0.276 e. The number of aryl methyl sites for hydroxylation is 2. The summed E-state index contributed by atoms with van der Waals surface area (Å²) in [4.78, 5) is 14.6. The minimum Gasteiger partial charge on any atom is -0.355 e. The Kier molecular flexibility index (Phi) is 4.55. The number of benzene rings is 1. The Morgan fingerprint density at radius 1 is 1.17 bits per heavy atom. The minimum atomic E-state index is -0.213. The van der Waals surface area contributed by atoms with Gasteiger partial charge in [0.05, 0.1) is 0 Å². The zero-order chi connectivity index (χ0) is 16.2. The van der Waals surface area contributed by atoms with Crippen LogP contribution in [0.5, 0.6) is 0 Å². The van der Waals surface area contributed by atoms with Crippen molar-refractivity contribution in [3.8, 4) is 0 Å². The van der Waals surface area contributed by atoms with Gasteiger partial charge in [-0.25, -0.2) is 0 Å². The van der Waals surface area contributed by atoms with Crippen LogP contribution in [0.25, 0.3) is 0 Å². The number of nitrogens with one attached hydrogen (secondary N) is 1. The fourth-order valence-corrected chi connectivity index (χ4v) is 2.94. The second kappa shape index (κ2) is 6.77. The van der Waals surface area contributed by atoms with Gasteiger partial charge in [-0.05, 0) is 49.4 Å². The molecule has 1 aromatic heterocycles. The van der Waals surface area contributed by atoms with Crippen LogP contribution in [-0.2, 0) is 6.42 Å². The van der Waals surface area contributed by atoms with Crippen LogP contribution in [0, 0.1) is 6.92 Å². The Morgan fingerprint density at radius 3 is 2.61 bits per heavy atom. The summed E-state index contributed by atoms with van der Waals surface area (Å²) in [6.07, 6.45) is 3.25. The fraction of sp³-hybridized carbons (Fsp3) is 0.389. The SMILES string of the molecule is CCc1cccc(C)c1NC(=O)c1ccc(N2CCCC2)nn1. The van der Waals surface area contributed by atoms with Gasteiger partial charge in [-0.15, -0.1) is 10.2 Å². The number of carbonyl (C=O) groups is 1. The first-order valence-electron chi connectivity index (χ1n) is 8.17. The lowest BCUT2D eigenvalue weighted by molar-refractivity contribution is 0.102. The Labute approximate surface area is 136 Å². The molecule has 1 N–H and O–H groups in total. The molecule has 1 aliphatic rings. The lowest BCUT2D eigenvalue weighted by Gasteiger charge is -2.15. The molecule has 2 aromatic rings. The molecule has 0 aliphatic carbocycles. The van der Waals surface area contributed by atoms with E-state index in [1.54, 1.807) is 6.07 Å². The number of hydrogen-bond donors (Lipinski definition) is 1. The molecule has 0 radical (unpaired) electrons. The second-order valence-electron chi connectivity index (χ2n) is 5.89. The van der Waals surface area contributed by atoms with E-state index in [1.807, 2.05) is 31.2 Å². The van der Waals surface area contributed by atoms with E-state index >= 15 is 0 Å². The summed E-state index contributed by atoms with van der Waals surface area (Å²) in [5.74, 6) is 0.638. The Hall–Kier alpha value is -2.43. The number of para-hydroxylation sites is 1. The predicted molar refractivity (Wildman–Crippen MR) is 92.0 cm³/mol. The first-order chi connectivity index (χ1) is 11.2. The predicted octanol–water partition coefficient (Wildman–Crippen LogP) is 3.20. The molecule has 1 saturated heterocycles. The number of hydrogen-bond acceptors (Lipinski definition) is 4. The van der Waals surface area contributed by atoms with Gasteiger partial charge in [0.15, 0.2) is 11.5 Å². The van der Waals surface area contributed by atoms with Crippen molar-refractivity contribution in [1.82, 2.24) is 10.2 Å². The molecule has 1 fully saturated rings. The molecule has 0 saturated carbocycles. The zero-order valence-electron chi connectivity index (χ0n) is 13.7. The minimum absolute atomic E-state index is 0.213. The summed E-state index contributed by atoms with van der Waals surface area (Å²) in [7, 11) is 0. The van der Waals surface area contributed by atoms with Gasteiger partial charge in [0.2, 0.25) is 0 Å². The molecule has 5 nitrogen and oxygen atoms in total. The van der Waals surface area contributed by atoms with E-state index in [2.05, 4.69) is 27.3 Å².